The number of urea groups is 1. The first-order valence-electron chi connectivity index (χ1n) is 8.91. The number of thiophene rings is 1. The van der Waals surface area contributed by atoms with Crippen LogP contribution in [0.3, 0.4) is 0 Å². The molecule has 0 bridgehead atoms. The van der Waals surface area contributed by atoms with E-state index in [4.69, 9.17) is 16.0 Å². The predicted octanol–water partition coefficient (Wildman–Crippen LogP) is 4.77. The van der Waals surface area contributed by atoms with Crippen LogP contribution in [0.25, 0.3) is 11.3 Å². The molecule has 0 aliphatic carbocycles. The number of alkyl halides is 3. The zero-order valence-electron chi connectivity index (χ0n) is 15.4. The highest BCUT2D eigenvalue weighted by molar-refractivity contribution is 7.12. The third kappa shape index (κ3) is 3.82. The fraction of sp³-hybridized carbons (Fsp3) is 0.200. The fourth-order valence-electron chi connectivity index (χ4n) is 3.47. The maximum atomic E-state index is 13.9. The van der Waals surface area contributed by atoms with Crippen molar-refractivity contribution in [3.05, 3.63) is 69.6 Å². The van der Waals surface area contributed by atoms with Crippen LogP contribution in [0.2, 0.25) is 5.02 Å². The van der Waals surface area contributed by atoms with E-state index in [2.05, 4.69) is 5.32 Å². The van der Waals surface area contributed by atoms with E-state index < -0.39 is 35.7 Å². The highest BCUT2D eigenvalue weighted by Crippen LogP contribution is 2.45. The molecular formula is C20H14ClF3N2O4S. The van der Waals surface area contributed by atoms with Crippen molar-refractivity contribution in [2.75, 3.05) is 0 Å². The third-order valence-electron chi connectivity index (χ3n) is 4.90. The molecule has 0 radical (unpaired) electrons. The Morgan fingerprint density at radius 1 is 1.19 bits per heavy atom. The van der Waals surface area contributed by atoms with Gasteiger partial charge in [0.15, 0.2) is 5.78 Å². The van der Waals surface area contributed by atoms with E-state index in [1.807, 2.05) is 0 Å². The summed E-state index contributed by atoms with van der Waals surface area (Å²) < 4.78 is 47.3. The van der Waals surface area contributed by atoms with Gasteiger partial charge in [0.2, 0.25) is 5.72 Å². The van der Waals surface area contributed by atoms with Crippen LogP contribution in [0, 0.1) is 5.92 Å². The van der Waals surface area contributed by atoms with Crippen molar-refractivity contribution in [2.24, 2.45) is 5.92 Å². The van der Waals surface area contributed by atoms with E-state index in [1.54, 1.807) is 24.3 Å². The summed E-state index contributed by atoms with van der Waals surface area (Å²) in [5.74, 6) is -2.99. The summed E-state index contributed by atoms with van der Waals surface area (Å²) in [5.41, 5.74) is -3.25. The van der Waals surface area contributed by atoms with E-state index in [-0.39, 0.29) is 16.4 Å². The lowest BCUT2D eigenvalue weighted by molar-refractivity contribution is -0.287. The Bertz CT molecular complexity index is 1130. The van der Waals surface area contributed by atoms with Crippen molar-refractivity contribution in [1.29, 1.82) is 0 Å². The number of hydrogen-bond acceptors (Lipinski definition) is 5. The quantitative estimate of drug-likeness (QED) is 0.479. The Morgan fingerprint density at radius 3 is 2.61 bits per heavy atom. The summed E-state index contributed by atoms with van der Waals surface area (Å²) in [7, 11) is 0. The molecule has 1 aliphatic rings. The molecule has 11 heteroatoms. The maximum Gasteiger partial charge on any atom is 0.437 e. The average molecular weight is 471 g/mol. The van der Waals surface area contributed by atoms with Crippen molar-refractivity contribution in [3.63, 3.8) is 0 Å². The SMILES string of the molecule is O=C1NC(c2ccc(-c3cccc(Cl)c3)o2)C(C(=O)c2cccs2)C(O)(C(F)(F)F)N1. The van der Waals surface area contributed by atoms with Crippen LogP contribution in [0.4, 0.5) is 18.0 Å². The molecular weight excluding hydrogens is 457 g/mol. The van der Waals surface area contributed by atoms with Gasteiger partial charge in [-0.2, -0.15) is 13.2 Å². The van der Waals surface area contributed by atoms with Gasteiger partial charge in [0.1, 0.15) is 23.5 Å². The molecule has 1 aliphatic heterocycles. The largest absolute Gasteiger partial charge is 0.459 e. The molecule has 1 aromatic carbocycles. The lowest BCUT2D eigenvalue weighted by Gasteiger charge is -2.44. The monoisotopic (exact) mass is 470 g/mol. The summed E-state index contributed by atoms with van der Waals surface area (Å²) in [4.78, 5) is 25.1. The van der Waals surface area contributed by atoms with Gasteiger partial charge in [-0.1, -0.05) is 29.8 Å². The number of carbonyl (C=O) groups is 2. The highest BCUT2D eigenvalue weighted by atomic mass is 35.5. The fourth-order valence-corrected chi connectivity index (χ4v) is 4.36. The Balaban J connectivity index is 1.80. The summed E-state index contributed by atoms with van der Waals surface area (Å²) in [6.45, 7) is 0. The van der Waals surface area contributed by atoms with Crippen LogP contribution in [-0.4, -0.2) is 28.8 Å². The van der Waals surface area contributed by atoms with Crippen LogP contribution in [0.1, 0.15) is 21.5 Å². The number of Topliss-reactive ketones (excluding diaryl/α,β-unsaturated/α-hetero) is 1. The number of rotatable bonds is 4. The molecule has 3 atom stereocenters. The standard InChI is InChI=1S/C20H14ClF3N2O4S/c21-11-4-1-3-10(9-11)12-6-7-13(30-12)16-15(17(27)14-5-2-8-31-14)19(29,20(22,23)24)26-18(28)25-16/h1-9,15-16,29H,(H2,25,26,28). The first kappa shape index (κ1) is 21.4. The van der Waals surface area contributed by atoms with Gasteiger partial charge in [-0.3, -0.25) is 4.79 Å². The topological polar surface area (TPSA) is 91.6 Å². The number of benzene rings is 1. The number of ketones is 1. The zero-order chi connectivity index (χ0) is 22.4. The highest BCUT2D eigenvalue weighted by Gasteiger charge is 2.67. The van der Waals surface area contributed by atoms with Crippen molar-refractivity contribution >= 4 is 34.8 Å². The molecule has 0 saturated carbocycles. The van der Waals surface area contributed by atoms with E-state index in [0.717, 1.165) is 11.3 Å². The zero-order valence-corrected chi connectivity index (χ0v) is 17.0. The second-order valence-corrected chi connectivity index (χ2v) is 8.26. The molecule has 31 heavy (non-hydrogen) atoms. The molecule has 1 fully saturated rings. The second-order valence-electron chi connectivity index (χ2n) is 6.87. The summed E-state index contributed by atoms with van der Waals surface area (Å²) >= 11 is 6.89. The molecule has 3 heterocycles. The number of halogens is 4. The van der Waals surface area contributed by atoms with Gasteiger partial charge < -0.3 is 20.2 Å². The Hall–Kier alpha value is -2.82. The lowest BCUT2D eigenvalue weighted by Crippen LogP contribution is -2.72. The number of aliphatic hydroxyl groups is 1. The molecule has 2 aromatic heterocycles. The number of hydrogen-bond donors (Lipinski definition) is 3. The number of furan rings is 1. The van der Waals surface area contributed by atoms with E-state index in [9.17, 15) is 27.9 Å². The van der Waals surface area contributed by atoms with Crippen molar-refractivity contribution in [3.8, 4) is 11.3 Å². The molecule has 4 rings (SSSR count). The summed E-state index contributed by atoms with van der Waals surface area (Å²) in [5, 5.41) is 16.2. The van der Waals surface area contributed by atoms with Gasteiger partial charge in [-0.25, -0.2) is 4.79 Å². The van der Waals surface area contributed by atoms with Crippen LogP contribution >= 0.6 is 22.9 Å². The molecule has 2 amide bonds. The molecule has 3 unspecified atom stereocenters. The van der Waals surface area contributed by atoms with Crippen molar-refractivity contribution in [2.45, 2.75) is 17.9 Å². The minimum absolute atomic E-state index is 0.00255. The number of nitrogens with one attached hydrogen (secondary N) is 2. The van der Waals surface area contributed by atoms with Gasteiger partial charge in [0.05, 0.1) is 4.88 Å². The molecule has 1 saturated heterocycles. The summed E-state index contributed by atoms with van der Waals surface area (Å²) in [6.07, 6.45) is -5.33. The number of amides is 2. The Labute approximate surface area is 182 Å². The van der Waals surface area contributed by atoms with Gasteiger partial charge >= 0.3 is 12.2 Å². The lowest BCUT2D eigenvalue weighted by atomic mass is 9.80. The predicted molar refractivity (Wildman–Crippen MR) is 107 cm³/mol. The minimum Gasteiger partial charge on any atom is -0.459 e. The third-order valence-corrected chi connectivity index (χ3v) is 6.01. The maximum absolute atomic E-state index is 13.9. The second kappa shape index (κ2) is 7.70. The van der Waals surface area contributed by atoms with Crippen molar-refractivity contribution in [1.82, 2.24) is 10.6 Å². The van der Waals surface area contributed by atoms with Crippen LogP contribution in [0.5, 0.6) is 0 Å². The Kier molecular flexibility index (Phi) is 5.32. The molecule has 3 aromatic rings. The summed E-state index contributed by atoms with van der Waals surface area (Å²) in [6, 6.07) is 9.37. The van der Waals surface area contributed by atoms with Crippen LogP contribution < -0.4 is 10.6 Å². The number of carbonyl (C=O) groups excluding carboxylic acids is 2. The van der Waals surface area contributed by atoms with Crippen LogP contribution in [0.15, 0.2) is 58.3 Å². The van der Waals surface area contributed by atoms with Crippen molar-refractivity contribution < 1.29 is 32.3 Å². The van der Waals surface area contributed by atoms with E-state index in [1.165, 1.54) is 35.0 Å². The van der Waals surface area contributed by atoms with Crippen LogP contribution in [-0.2, 0) is 0 Å². The van der Waals surface area contributed by atoms with Gasteiger partial charge in [-0.15, -0.1) is 11.3 Å². The normalized spacial score (nSPS) is 23.8. The minimum atomic E-state index is -5.33. The Morgan fingerprint density at radius 2 is 1.97 bits per heavy atom. The first-order chi connectivity index (χ1) is 14.6. The molecule has 6 nitrogen and oxygen atoms in total. The molecule has 3 N–H and O–H groups in total. The molecule has 162 valence electrons. The van der Waals surface area contributed by atoms with Gasteiger partial charge in [0, 0.05) is 10.6 Å². The van der Waals surface area contributed by atoms with E-state index in [0.29, 0.717) is 10.6 Å². The smallest absolute Gasteiger partial charge is 0.437 e. The van der Waals surface area contributed by atoms with Gasteiger partial charge in [0.25, 0.3) is 0 Å². The first-order valence-corrected chi connectivity index (χ1v) is 10.2. The average Bonchev–Trinajstić information content (AvgIpc) is 3.38. The van der Waals surface area contributed by atoms with E-state index >= 15 is 0 Å². The van der Waals surface area contributed by atoms with Gasteiger partial charge in [-0.05, 0) is 35.7 Å². The molecule has 0 spiro atoms.